The first-order valence-electron chi connectivity index (χ1n) is 8.40. The van der Waals surface area contributed by atoms with Crippen LogP contribution in [0, 0.1) is 5.82 Å². The average molecular weight is 350 g/mol. The first-order chi connectivity index (χ1) is 12.7. The molecule has 3 rings (SSSR count). The van der Waals surface area contributed by atoms with Crippen LogP contribution in [0.15, 0.2) is 66.7 Å². The van der Waals surface area contributed by atoms with E-state index in [9.17, 15) is 9.18 Å². The highest BCUT2D eigenvalue weighted by atomic mass is 19.1. The molecule has 1 heterocycles. The van der Waals surface area contributed by atoms with Gasteiger partial charge in [-0.3, -0.25) is 4.79 Å². The molecule has 1 aromatic heterocycles. The van der Waals surface area contributed by atoms with Crippen LogP contribution in [0.5, 0.6) is 0 Å². The van der Waals surface area contributed by atoms with Crippen LogP contribution < -0.4 is 10.6 Å². The maximum absolute atomic E-state index is 13.6. The molecule has 1 amide bonds. The first-order valence-corrected chi connectivity index (χ1v) is 8.40. The molecule has 0 bridgehead atoms. The molecule has 0 saturated carbocycles. The molecule has 0 unspecified atom stereocenters. The minimum Gasteiger partial charge on any atom is -0.351 e. The molecule has 132 valence electrons. The van der Waals surface area contributed by atoms with Crippen molar-refractivity contribution < 1.29 is 9.18 Å². The average Bonchev–Trinajstić information content (AvgIpc) is 2.68. The smallest absolute Gasteiger partial charge is 0.271 e. The van der Waals surface area contributed by atoms with Gasteiger partial charge in [0.1, 0.15) is 5.82 Å². The Morgan fingerprint density at radius 1 is 0.923 bits per heavy atom. The zero-order valence-corrected chi connectivity index (χ0v) is 14.2. The Morgan fingerprint density at radius 3 is 2.42 bits per heavy atom. The summed E-state index contributed by atoms with van der Waals surface area (Å²) in [5.41, 5.74) is 1.77. The Hall–Kier alpha value is -3.28. The fourth-order valence-electron chi connectivity index (χ4n) is 2.45. The number of hydrogen-bond acceptors (Lipinski definition) is 4. The van der Waals surface area contributed by atoms with Crippen molar-refractivity contribution in [2.24, 2.45) is 0 Å². The number of carbonyl (C=O) groups excluding carboxylic acids is 1. The van der Waals surface area contributed by atoms with E-state index < -0.39 is 0 Å². The molecular weight excluding hydrogens is 331 g/mol. The molecule has 0 aliphatic rings. The van der Waals surface area contributed by atoms with Crippen LogP contribution in [0.2, 0.25) is 0 Å². The normalized spacial score (nSPS) is 10.3. The van der Waals surface area contributed by atoms with Gasteiger partial charge in [0.2, 0.25) is 0 Å². The van der Waals surface area contributed by atoms with Gasteiger partial charge in [0.15, 0.2) is 11.5 Å². The van der Waals surface area contributed by atoms with Gasteiger partial charge in [0, 0.05) is 6.54 Å². The molecule has 0 radical (unpaired) electrons. The quantitative estimate of drug-likeness (QED) is 0.637. The van der Waals surface area contributed by atoms with Crippen molar-refractivity contribution in [3.05, 3.63) is 83.8 Å². The molecule has 3 aromatic rings. The number of rotatable bonds is 7. The molecule has 0 fully saturated rings. The summed E-state index contributed by atoms with van der Waals surface area (Å²) in [7, 11) is 0. The molecule has 0 saturated heterocycles. The fourth-order valence-corrected chi connectivity index (χ4v) is 2.45. The van der Waals surface area contributed by atoms with Crippen LogP contribution in [0.1, 0.15) is 22.5 Å². The molecular formula is C20H19FN4O. The second-order valence-electron chi connectivity index (χ2n) is 5.75. The number of halogens is 1. The molecule has 5 nitrogen and oxygen atoms in total. The highest BCUT2D eigenvalue weighted by molar-refractivity contribution is 5.92. The summed E-state index contributed by atoms with van der Waals surface area (Å²) in [5.74, 6) is -0.284. The summed E-state index contributed by atoms with van der Waals surface area (Å²) in [5, 5.41) is 13.5. The van der Waals surface area contributed by atoms with E-state index in [0.717, 1.165) is 12.8 Å². The summed E-state index contributed by atoms with van der Waals surface area (Å²) < 4.78 is 13.6. The molecule has 0 spiro atoms. The number of anilines is 2. The lowest BCUT2D eigenvalue weighted by Gasteiger charge is -2.07. The Labute approximate surface area is 151 Å². The van der Waals surface area contributed by atoms with Crippen molar-refractivity contribution in [1.82, 2.24) is 15.5 Å². The summed E-state index contributed by atoms with van der Waals surface area (Å²) in [6.07, 6.45) is 1.74. The van der Waals surface area contributed by atoms with Crippen LogP contribution in [-0.4, -0.2) is 22.6 Å². The Kier molecular flexibility index (Phi) is 5.88. The van der Waals surface area contributed by atoms with Gasteiger partial charge in [-0.2, -0.15) is 0 Å². The number of amides is 1. The van der Waals surface area contributed by atoms with E-state index in [1.165, 1.54) is 11.6 Å². The van der Waals surface area contributed by atoms with Crippen LogP contribution in [0.25, 0.3) is 0 Å². The number of nitrogens with zero attached hydrogens (tertiary/aromatic N) is 2. The topological polar surface area (TPSA) is 66.9 Å². The number of hydrogen-bond donors (Lipinski definition) is 2. The largest absolute Gasteiger partial charge is 0.351 e. The van der Waals surface area contributed by atoms with Gasteiger partial charge in [0.05, 0.1) is 5.69 Å². The van der Waals surface area contributed by atoms with Crippen molar-refractivity contribution in [3.63, 3.8) is 0 Å². The standard InChI is InChI=1S/C20H19FN4O/c21-16-10-4-5-11-17(16)23-19-13-12-18(24-25-19)20(26)22-14-6-9-15-7-2-1-3-8-15/h1-5,7-8,10-13H,6,9,14H2,(H,22,26)(H,23,25). The van der Waals surface area contributed by atoms with Gasteiger partial charge in [0.25, 0.3) is 5.91 Å². The van der Waals surface area contributed by atoms with Gasteiger partial charge in [-0.1, -0.05) is 42.5 Å². The van der Waals surface area contributed by atoms with Crippen LogP contribution in [0.4, 0.5) is 15.9 Å². The molecule has 0 aliphatic carbocycles. The number of aryl methyl sites for hydroxylation is 1. The fraction of sp³-hybridized carbons (Fsp3) is 0.150. The maximum Gasteiger partial charge on any atom is 0.271 e. The van der Waals surface area contributed by atoms with E-state index in [2.05, 4.69) is 33.0 Å². The zero-order chi connectivity index (χ0) is 18.2. The third kappa shape index (κ3) is 4.86. The van der Waals surface area contributed by atoms with Crippen molar-refractivity contribution >= 4 is 17.4 Å². The molecule has 2 aromatic carbocycles. The number of aromatic nitrogens is 2. The van der Waals surface area contributed by atoms with E-state index in [4.69, 9.17) is 0 Å². The molecule has 26 heavy (non-hydrogen) atoms. The van der Waals surface area contributed by atoms with Crippen molar-refractivity contribution in [1.29, 1.82) is 0 Å². The van der Waals surface area contributed by atoms with Gasteiger partial charge in [-0.25, -0.2) is 4.39 Å². The second-order valence-corrected chi connectivity index (χ2v) is 5.75. The summed E-state index contributed by atoms with van der Waals surface area (Å²) in [6.45, 7) is 0.560. The third-order valence-electron chi connectivity index (χ3n) is 3.80. The van der Waals surface area contributed by atoms with Crippen molar-refractivity contribution in [3.8, 4) is 0 Å². The minimum absolute atomic E-state index is 0.226. The van der Waals surface area contributed by atoms with Gasteiger partial charge in [-0.05, 0) is 42.7 Å². The van der Waals surface area contributed by atoms with Gasteiger partial charge < -0.3 is 10.6 Å². The maximum atomic E-state index is 13.6. The Balaban J connectivity index is 1.48. The highest BCUT2D eigenvalue weighted by Crippen LogP contribution is 2.17. The predicted octanol–water partition coefficient (Wildman–Crippen LogP) is 3.72. The molecule has 0 atom stereocenters. The molecule has 0 aliphatic heterocycles. The predicted molar refractivity (Wildman–Crippen MR) is 98.8 cm³/mol. The van der Waals surface area contributed by atoms with E-state index in [0.29, 0.717) is 18.1 Å². The highest BCUT2D eigenvalue weighted by Gasteiger charge is 2.08. The van der Waals surface area contributed by atoms with E-state index in [-0.39, 0.29) is 17.4 Å². The lowest BCUT2D eigenvalue weighted by Crippen LogP contribution is -2.26. The Morgan fingerprint density at radius 2 is 1.69 bits per heavy atom. The van der Waals surface area contributed by atoms with Crippen LogP contribution in [0.3, 0.4) is 0 Å². The second kappa shape index (κ2) is 8.71. The van der Waals surface area contributed by atoms with E-state index in [1.54, 1.807) is 30.3 Å². The Bertz CT molecular complexity index is 853. The van der Waals surface area contributed by atoms with Crippen LogP contribution in [-0.2, 0) is 6.42 Å². The van der Waals surface area contributed by atoms with Crippen molar-refractivity contribution in [2.45, 2.75) is 12.8 Å². The summed E-state index contributed by atoms with van der Waals surface area (Å²) in [6, 6.07) is 19.5. The number of para-hydroxylation sites is 1. The van der Waals surface area contributed by atoms with E-state index >= 15 is 0 Å². The number of carbonyl (C=O) groups is 1. The van der Waals surface area contributed by atoms with Crippen LogP contribution >= 0.6 is 0 Å². The summed E-state index contributed by atoms with van der Waals surface area (Å²) in [4.78, 5) is 12.1. The lowest BCUT2D eigenvalue weighted by atomic mass is 10.1. The SMILES string of the molecule is O=C(NCCCc1ccccc1)c1ccc(Nc2ccccc2F)nn1. The molecule has 6 heteroatoms. The molecule has 2 N–H and O–H groups in total. The lowest BCUT2D eigenvalue weighted by molar-refractivity contribution is 0.0947. The zero-order valence-electron chi connectivity index (χ0n) is 14.2. The third-order valence-corrected chi connectivity index (χ3v) is 3.80. The first kappa shape index (κ1) is 17.5. The summed E-state index contributed by atoms with van der Waals surface area (Å²) >= 11 is 0. The van der Waals surface area contributed by atoms with Gasteiger partial charge >= 0.3 is 0 Å². The number of benzene rings is 2. The van der Waals surface area contributed by atoms with E-state index in [1.807, 2.05) is 18.2 Å². The monoisotopic (exact) mass is 350 g/mol. The van der Waals surface area contributed by atoms with Crippen molar-refractivity contribution in [2.75, 3.05) is 11.9 Å². The minimum atomic E-state index is -0.380. The number of nitrogens with one attached hydrogen (secondary N) is 2. The van der Waals surface area contributed by atoms with Gasteiger partial charge in [-0.15, -0.1) is 10.2 Å².